The maximum atomic E-state index is 12.3. The van der Waals surface area contributed by atoms with E-state index >= 15 is 0 Å². The molecule has 1 N–H and O–H groups in total. The van der Waals surface area contributed by atoms with E-state index in [0.717, 1.165) is 12.1 Å². The van der Waals surface area contributed by atoms with Crippen molar-refractivity contribution in [1.82, 2.24) is 0 Å². The molecule has 1 rings (SSSR count). The summed E-state index contributed by atoms with van der Waals surface area (Å²) >= 11 is 2.91. The molecule has 0 aliphatic rings. The molecule has 0 unspecified atom stereocenters. The van der Waals surface area contributed by atoms with Gasteiger partial charge < -0.3 is 0 Å². The maximum absolute atomic E-state index is 12.3. The van der Waals surface area contributed by atoms with Gasteiger partial charge in [-0.25, -0.2) is 0 Å². The minimum absolute atomic E-state index is 0. The minimum Gasteiger partial charge on any atom is -0.285 e. The van der Waals surface area contributed by atoms with Crippen molar-refractivity contribution in [3.05, 3.63) is 33.8 Å². The van der Waals surface area contributed by atoms with Crippen molar-refractivity contribution in [2.45, 2.75) is 11.9 Å². The first-order chi connectivity index (χ1) is 7.09. The molecule has 17 heavy (non-hydrogen) atoms. The van der Waals surface area contributed by atoms with Crippen molar-refractivity contribution in [2.24, 2.45) is 0 Å². The van der Waals surface area contributed by atoms with Gasteiger partial charge in [-0.15, -0.1) is 0 Å². The molecule has 0 heterocycles. The van der Waals surface area contributed by atoms with Gasteiger partial charge in [0.2, 0.25) is 0 Å². The zero-order valence-electron chi connectivity index (χ0n) is 8.62. The molecule has 1 radical (unpaired) electrons. The second kappa shape index (κ2) is 6.03. The van der Waals surface area contributed by atoms with Crippen molar-refractivity contribution in [2.75, 3.05) is 0 Å². The van der Waals surface area contributed by atoms with Crippen molar-refractivity contribution >= 4 is 55.6 Å². The van der Waals surface area contributed by atoms with Gasteiger partial charge in [0.25, 0.3) is 10.1 Å². The zero-order chi connectivity index (χ0) is 12.6. The molecule has 1 aromatic rings. The number of halogens is 4. The second-order valence-corrected chi connectivity index (χ2v) is 5.34. The van der Waals surface area contributed by atoms with Crippen LogP contribution in [0.2, 0.25) is 0 Å². The average Bonchev–Trinajstić information content (AvgIpc) is 2.04. The Morgan fingerprint density at radius 2 is 1.82 bits per heavy atom. The normalized spacial score (nSPS) is 12.1. The molecule has 0 saturated carbocycles. The second-order valence-electron chi connectivity index (χ2n) is 3.03. The topological polar surface area (TPSA) is 54.4 Å². The molecular formula is C8H6BrF3NaO3S. The van der Waals surface area contributed by atoms with E-state index in [0.29, 0.717) is 6.07 Å². The molecule has 1 aromatic carbocycles. The Labute approximate surface area is 127 Å². The van der Waals surface area contributed by atoms with Crippen LogP contribution in [0.25, 0.3) is 0 Å². The van der Waals surface area contributed by atoms with E-state index in [4.69, 9.17) is 4.55 Å². The number of hydrogen-bond donors (Lipinski definition) is 1. The standard InChI is InChI=1S/C8H6BrF3O3S.Na/c9-7-2-1-6(8(10,11)12)3-5(7)4-16(13,14)15;/h1-3H,4H2,(H,13,14,15);. The summed E-state index contributed by atoms with van der Waals surface area (Å²) in [6, 6.07) is 2.58. The number of hydrogen-bond acceptors (Lipinski definition) is 2. The molecule has 3 nitrogen and oxygen atoms in total. The summed E-state index contributed by atoms with van der Waals surface area (Å²) in [5, 5.41) is 0. The molecule has 0 spiro atoms. The third-order valence-electron chi connectivity index (χ3n) is 1.71. The fourth-order valence-electron chi connectivity index (χ4n) is 1.06. The molecule has 0 saturated heterocycles. The van der Waals surface area contributed by atoms with Crippen LogP contribution >= 0.6 is 15.9 Å². The van der Waals surface area contributed by atoms with E-state index in [9.17, 15) is 21.6 Å². The molecule has 91 valence electrons. The van der Waals surface area contributed by atoms with Crippen LogP contribution in [0.4, 0.5) is 13.2 Å². The molecule has 0 aliphatic carbocycles. The summed E-state index contributed by atoms with van der Waals surface area (Å²) in [5.74, 6) is -0.864. The molecule has 0 aliphatic heterocycles. The van der Waals surface area contributed by atoms with Crippen LogP contribution < -0.4 is 0 Å². The van der Waals surface area contributed by atoms with E-state index in [1.54, 1.807) is 0 Å². The molecule has 9 heteroatoms. The van der Waals surface area contributed by atoms with Gasteiger partial charge in [0.05, 0.1) is 5.56 Å². The monoisotopic (exact) mass is 341 g/mol. The van der Waals surface area contributed by atoms with Crippen molar-refractivity contribution < 1.29 is 26.1 Å². The van der Waals surface area contributed by atoms with E-state index in [1.807, 2.05) is 0 Å². The average molecular weight is 342 g/mol. The summed E-state index contributed by atoms with van der Waals surface area (Å²) in [4.78, 5) is 0. The maximum Gasteiger partial charge on any atom is 0.416 e. The van der Waals surface area contributed by atoms with Gasteiger partial charge in [0, 0.05) is 34.0 Å². The first kappa shape index (κ1) is 17.4. The van der Waals surface area contributed by atoms with Crippen LogP contribution in [-0.2, 0) is 22.0 Å². The van der Waals surface area contributed by atoms with Crippen LogP contribution in [0.3, 0.4) is 0 Å². The molecule has 0 bridgehead atoms. The van der Waals surface area contributed by atoms with Crippen molar-refractivity contribution in [3.63, 3.8) is 0 Å². The summed E-state index contributed by atoms with van der Waals surface area (Å²) in [6.07, 6.45) is -4.55. The molecule has 0 atom stereocenters. The molecule has 0 aromatic heterocycles. The van der Waals surface area contributed by atoms with Crippen molar-refractivity contribution in [1.29, 1.82) is 0 Å². The zero-order valence-corrected chi connectivity index (χ0v) is 13.0. The van der Waals surface area contributed by atoms with Gasteiger partial charge in [-0.2, -0.15) is 21.6 Å². The van der Waals surface area contributed by atoms with E-state index in [1.165, 1.54) is 0 Å². The molecular weight excluding hydrogens is 336 g/mol. The largest absolute Gasteiger partial charge is 0.416 e. The Balaban J connectivity index is 0.00000256. The number of rotatable bonds is 2. The van der Waals surface area contributed by atoms with Crippen LogP contribution in [0.5, 0.6) is 0 Å². The molecule has 0 fully saturated rings. The summed E-state index contributed by atoms with van der Waals surface area (Å²) in [5.41, 5.74) is -1.10. The quantitative estimate of drug-likeness (QED) is 0.664. The Kier molecular flexibility index (Phi) is 6.17. The van der Waals surface area contributed by atoms with Gasteiger partial charge in [0.1, 0.15) is 5.75 Å². The van der Waals surface area contributed by atoms with E-state index < -0.39 is 27.6 Å². The van der Waals surface area contributed by atoms with Crippen LogP contribution in [0, 0.1) is 0 Å². The fourth-order valence-corrected chi connectivity index (χ4v) is 2.26. The predicted molar refractivity (Wildman–Crippen MR) is 60.2 cm³/mol. The van der Waals surface area contributed by atoms with Gasteiger partial charge in [-0.3, -0.25) is 4.55 Å². The van der Waals surface area contributed by atoms with E-state index in [-0.39, 0.29) is 39.6 Å². The first-order valence-electron chi connectivity index (χ1n) is 3.90. The summed E-state index contributed by atoms with van der Waals surface area (Å²) in [7, 11) is -4.36. The third-order valence-corrected chi connectivity index (χ3v) is 3.16. The summed E-state index contributed by atoms with van der Waals surface area (Å²) < 4.78 is 66.8. The van der Waals surface area contributed by atoms with E-state index in [2.05, 4.69) is 15.9 Å². The minimum atomic E-state index is -4.55. The fraction of sp³-hybridized carbons (Fsp3) is 0.250. The SMILES string of the molecule is O=S(=O)(O)Cc1cc(C(F)(F)F)ccc1Br.[Na]. The van der Waals surface area contributed by atoms with Crippen LogP contribution in [0.15, 0.2) is 22.7 Å². The Bertz CT molecular complexity index is 501. The van der Waals surface area contributed by atoms with Gasteiger partial charge in [0.15, 0.2) is 0 Å². The van der Waals surface area contributed by atoms with Gasteiger partial charge in [-0.05, 0) is 23.8 Å². The number of benzene rings is 1. The Hall–Kier alpha value is 0.400. The number of alkyl halides is 3. The van der Waals surface area contributed by atoms with Gasteiger partial charge >= 0.3 is 6.18 Å². The smallest absolute Gasteiger partial charge is 0.285 e. The Morgan fingerprint density at radius 3 is 2.24 bits per heavy atom. The van der Waals surface area contributed by atoms with Gasteiger partial charge in [-0.1, -0.05) is 15.9 Å². The predicted octanol–water partition coefficient (Wildman–Crippen LogP) is 2.47. The van der Waals surface area contributed by atoms with Crippen LogP contribution in [-0.4, -0.2) is 42.5 Å². The molecule has 0 amide bonds. The first-order valence-corrected chi connectivity index (χ1v) is 6.30. The van der Waals surface area contributed by atoms with Crippen molar-refractivity contribution in [3.8, 4) is 0 Å². The summed E-state index contributed by atoms with van der Waals surface area (Å²) in [6.45, 7) is 0. The third kappa shape index (κ3) is 5.71. The Morgan fingerprint density at radius 1 is 1.29 bits per heavy atom. The van der Waals surface area contributed by atoms with Crippen LogP contribution in [0.1, 0.15) is 11.1 Å².